The summed E-state index contributed by atoms with van der Waals surface area (Å²) in [6.07, 6.45) is 0. The highest BCUT2D eigenvalue weighted by atomic mass is 35.5. The molecule has 0 bridgehead atoms. The Morgan fingerprint density at radius 3 is 2.66 bits per heavy atom. The molecule has 2 aromatic carbocycles. The molecular weight excluding hydrogens is 442 g/mol. The van der Waals surface area contributed by atoms with Gasteiger partial charge in [0.15, 0.2) is 11.7 Å². The van der Waals surface area contributed by atoms with E-state index in [-0.39, 0.29) is 12.5 Å². The molecule has 7 heteroatoms. The average molecular weight is 466 g/mol. The van der Waals surface area contributed by atoms with Gasteiger partial charge in [-0.2, -0.15) is 0 Å². The van der Waals surface area contributed by atoms with Crippen LogP contribution in [0.15, 0.2) is 60.0 Å². The normalized spacial score (nSPS) is 10.9. The number of benzene rings is 2. The van der Waals surface area contributed by atoms with Gasteiger partial charge in [0.25, 0.3) is 5.91 Å². The number of aryl methyl sites for hydroxylation is 2. The van der Waals surface area contributed by atoms with Gasteiger partial charge in [-0.15, -0.1) is 11.3 Å². The summed E-state index contributed by atoms with van der Waals surface area (Å²) in [6.45, 7) is 6.81. The number of amides is 1. The first-order valence-corrected chi connectivity index (χ1v) is 11.5. The zero-order valence-electron chi connectivity index (χ0n) is 18.2. The molecule has 2 heterocycles. The second kappa shape index (κ2) is 9.59. The fourth-order valence-electron chi connectivity index (χ4n) is 3.60. The van der Waals surface area contributed by atoms with Gasteiger partial charge >= 0.3 is 0 Å². The number of nitrogens with one attached hydrogen (secondary N) is 1. The molecule has 0 atom stereocenters. The predicted octanol–water partition coefficient (Wildman–Crippen LogP) is 6.26. The zero-order valence-corrected chi connectivity index (χ0v) is 19.8. The quantitative estimate of drug-likeness (QED) is 0.350. The maximum absolute atomic E-state index is 12.3. The van der Waals surface area contributed by atoms with Gasteiger partial charge in [0, 0.05) is 33.9 Å². The summed E-state index contributed by atoms with van der Waals surface area (Å²) in [6, 6.07) is 17.8. The van der Waals surface area contributed by atoms with E-state index in [0.717, 1.165) is 29.1 Å². The summed E-state index contributed by atoms with van der Waals surface area (Å²) in [4.78, 5) is 17.0. The molecule has 2 aromatic heterocycles. The van der Waals surface area contributed by atoms with Crippen LogP contribution < -0.4 is 10.1 Å². The lowest BCUT2D eigenvalue weighted by atomic mass is 10.2. The monoisotopic (exact) mass is 465 g/mol. The molecule has 0 unspecified atom stereocenters. The van der Waals surface area contributed by atoms with E-state index < -0.39 is 0 Å². The lowest BCUT2D eigenvalue weighted by Gasteiger charge is -2.10. The SMILES string of the molecule is Cc1cc(Cl)ccc1OCC(=O)Nc1nc(-c2cc(C)n(Cc3ccccc3)c2C)cs1. The Labute approximate surface area is 196 Å². The standard InChI is InChI=1S/C25H24ClN3O2S/c1-16-11-20(26)9-10-23(16)31-14-24(30)28-25-27-22(15-32-25)21-12-17(2)29(18(21)3)13-19-7-5-4-6-8-19/h4-12,15H,13-14H2,1-3H3,(H,27,28,30). The van der Waals surface area contributed by atoms with Gasteiger partial charge in [-0.3, -0.25) is 10.1 Å². The predicted molar refractivity (Wildman–Crippen MR) is 131 cm³/mol. The van der Waals surface area contributed by atoms with E-state index in [2.05, 4.69) is 59.0 Å². The van der Waals surface area contributed by atoms with Crippen molar-refractivity contribution in [3.05, 3.63) is 87.5 Å². The maximum atomic E-state index is 12.3. The fourth-order valence-corrected chi connectivity index (χ4v) is 4.55. The number of ether oxygens (including phenoxy) is 1. The molecule has 0 aliphatic carbocycles. The van der Waals surface area contributed by atoms with Gasteiger partial charge in [-0.25, -0.2) is 4.98 Å². The van der Waals surface area contributed by atoms with Crippen molar-refractivity contribution in [3.63, 3.8) is 0 Å². The smallest absolute Gasteiger partial charge is 0.264 e. The van der Waals surface area contributed by atoms with Crippen molar-refractivity contribution in [1.82, 2.24) is 9.55 Å². The highest BCUT2D eigenvalue weighted by molar-refractivity contribution is 7.14. The molecule has 0 aliphatic heterocycles. The summed E-state index contributed by atoms with van der Waals surface area (Å²) in [5, 5.41) is 5.98. The Hall–Kier alpha value is -3.09. The van der Waals surface area contributed by atoms with Crippen LogP contribution in [0.5, 0.6) is 5.75 Å². The minimum Gasteiger partial charge on any atom is -0.483 e. The van der Waals surface area contributed by atoms with Crippen LogP contribution >= 0.6 is 22.9 Å². The largest absolute Gasteiger partial charge is 0.483 e. The van der Waals surface area contributed by atoms with Crippen LogP contribution in [0.3, 0.4) is 0 Å². The van der Waals surface area contributed by atoms with Crippen molar-refractivity contribution in [1.29, 1.82) is 0 Å². The number of carbonyl (C=O) groups excluding carboxylic acids is 1. The third-order valence-electron chi connectivity index (χ3n) is 5.28. The Balaban J connectivity index is 1.42. The first-order valence-electron chi connectivity index (χ1n) is 10.3. The Morgan fingerprint density at radius 2 is 1.91 bits per heavy atom. The van der Waals surface area contributed by atoms with Crippen molar-refractivity contribution in [2.75, 3.05) is 11.9 Å². The van der Waals surface area contributed by atoms with E-state index in [1.807, 2.05) is 18.4 Å². The van der Waals surface area contributed by atoms with E-state index >= 15 is 0 Å². The summed E-state index contributed by atoms with van der Waals surface area (Å²) in [5.74, 6) is 0.380. The molecule has 1 N–H and O–H groups in total. The van der Waals surface area contributed by atoms with E-state index in [1.54, 1.807) is 18.2 Å². The van der Waals surface area contributed by atoms with Crippen LogP contribution in [0.2, 0.25) is 5.02 Å². The number of rotatable bonds is 7. The number of hydrogen-bond donors (Lipinski definition) is 1. The van der Waals surface area contributed by atoms with E-state index in [9.17, 15) is 4.79 Å². The summed E-state index contributed by atoms with van der Waals surface area (Å²) < 4.78 is 7.90. The first-order chi connectivity index (χ1) is 15.4. The summed E-state index contributed by atoms with van der Waals surface area (Å²) in [5.41, 5.74) is 6.38. The Morgan fingerprint density at radius 1 is 1.12 bits per heavy atom. The molecule has 0 saturated heterocycles. The highest BCUT2D eigenvalue weighted by Crippen LogP contribution is 2.30. The van der Waals surface area contributed by atoms with Crippen LogP contribution in [-0.4, -0.2) is 22.1 Å². The number of aromatic nitrogens is 2. The Bertz CT molecular complexity index is 1250. The van der Waals surface area contributed by atoms with Crippen molar-refractivity contribution in [3.8, 4) is 17.0 Å². The van der Waals surface area contributed by atoms with Gasteiger partial charge in [-0.05, 0) is 56.2 Å². The fraction of sp³-hybridized carbons (Fsp3) is 0.200. The van der Waals surface area contributed by atoms with Gasteiger partial charge < -0.3 is 9.30 Å². The average Bonchev–Trinajstić information content (AvgIpc) is 3.33. The van der Waals surface area contributed by atoms with Gasteiger partial charge in [0.05, 0.1) is 5.69 Å². The van der Waals surface area contributed by atoms with E-state index in [0.29, 0.717) is 15.9 Å². The van der Waals surface area contributed by atoms with Crippen LogP contribution in [0.25, 0.3) is 11.3 Å². The minimum absolute atomic E-state index is 0.0943. The lowest BCUT2D eigenvalue weighted by Crippen LogP contribution is -2.20. The second-order valence-corrected chi connectivity index (χ2v) is 8.94. The molecule has 0 aliphatic rings. The van der Waals surface area contributed by atoms with E-state index in [4.69, 9.17) is 16.3 Å². The minimum atomic E-state index is -0.255. The number of hydrogen-bond acceptors (Lipinski definition) is 4. The maximum Gasteiger partial charge on any atom is 0.264 e. The van der Waals surface area contributed by atoms with Gasteiger partial charge in [-0.1, -0.05) is 41.9 Å². The molecule has 0 saturated carbocycles. The second-order valence-electron chi connectivity index (χ2n) is 7.64. The summed E-state index contributed by atoms with van der Waals surface area (Å²) >= 11 is 7.36. The molecule has 0 radical (unpaired) electrons. The molecule has 1 amide bonds. The van der Waals surface area contributed by atoms with E-state index in [1.165, 1.54) is 22.6 Å². The third-order valence-corrected chi connectivity index (χ3v) is 6.27. The lowest BCUT2D eigenvalue weighted by molar-refractivity contribution is -0.118. The molecule has 4 aromatic rings. The van der Waals surface area contributed by atoms with Crippen LogP contribution in [-0.2, 0) is 11.3 Å². The van der Waals surface area contributed by atoms with Crippen molar-refractivity contribution >= 4 is 34.0 Å². The molecular formula is C25H24ClN3O2S. The van der Waals surface area contributed by atoms with Crippen molar-refractivity contribution in [2.45, 2.75) is 27.3 Å². The Kier molecular flexibility index (Phi) is 6.63. The van der Waals surface area contributed by atoms with Gasteiger partial charge in [0.1, 0.15) is 5.75 Å². The number of anilines is 1. The molecule has 0 fully saturated rings. The van der Waals surface area contributed by atoms with Crippen LogP contribution in [0, 0.1) is 20.8 Å². The van der Waals surface area contributed by atoms with Crippen molar-refractivity contribution < 1.29 is 9.53 Å². The van der Waals surface area contributed by atoms with Gasteiger partial charge in [0.2, 0.25) is 0 Å². The third kappa shape index (κ3) is 5.03. The molecule has 4 rings (SSSR count). The highest BCUT2D eigenvalue weighted by Gasteiger charge is 2.15. The number of halogens is 1. The molecule has 164 valence electrons. The number of nitrogens with zero attached hydrogens (tertiary/aromatic N) is 2. The molecule has 32 heavy (non-hydrogen) atoms. The summed E-state index contributed by atoms with van der Waals surface area (Å²) in [7, 11) is 0. The van der Waals surface area contributed by atoms with Crippen molar-refractivity contribution in [2.24, 2.45) is 0 Å². The van der Waals surface area contributed by atoms with Crippen LogP contribution in [0.1, 0.15) is 22.5 Å². The zero-order chi connectivity index (χ0) is 22.7. The number of carbonyl (C=O) groups is 1. The topological polar surface area (TPSA) is 56.1 Å². The molecule has 5 nitrogen and oxygen atoms in total. The first kappa shape index (κ1) is 22.1. The number of thiazole rings is 1. The van der Waals surface area contributed by atoms with Crippen LogP contribution in [0.4, 0.5) is 5.13 Å². The molecule has 0 spiro atoms.